The van der Waals surface area contributed by atoms with E-state index in [-0.39, 0.29) is 18.6 Å². The van der Waals surface area contributed by atoms with Crippen LogP contribution in [0.2, 0.25) is 0 Å². The van der Waals surface area contributed by atoms with E-state index < -0.39 is 0 Å². The molecule has 2 atom stereocenters. The zero-order chi connectivity index (χ0) is 11.5. The molecule has 0 bridgehead atoms. The second-order valence-corrected chi connectivity index (χ2v) is 3.84. The van der Waals surface area contributed by atoms with Gasteiger partial charge in [0.15, 0.2) is 5.65 Å². The fraction of sp³-hybridized carbons (Fsp3) is 0.556. The summed E-state index contributed by atoms with van der Waals surface area (Å²) in [6, 6.07) is 3.73. The number of hydrogen-bond acceptors (Lipinski definition) is 6. The maximum absolute atomic E-state index is 9.02. The Bertz CT molecular complexity index is 470. The summed E-state index contributed by atoms with van der Waals surface area (Å²) >= 11 is 0. The quantitative estimate of drug-likeness (QED) is 0.754. The molecule has 0 amide bonds. The summed E-state index contributed by atoms with van der Waals surface area (Å²) in [5.74, 6) is 0.846. The van der Waals surface area contributed by atoms with Gasteiger partial charge in [-0.05, 0) is 35.4 Å². The van der Waals surface area contributed by atoms with Gasteiger partial charge in [0, 0.05) is 12.6 Å². The Kier molecular flexibility index (Phi) is 2.95. The molecule has 16 heavy (non-hydrogen) atoms. The largest absolute Gasteiger partial charge is 0.396 e. The van der Waals surface area contributed by atoms with Crippen molar-refractivity contribution in [3.63, 3.8) is 0 Å². The van der Waals surface area contributed by atoms with Crippen molar-refractivity contribution in [2.24, 2.45) is 5.92 Å². The van der Waals surface area contributed by atoms with Crippen LogP contribution in [0.3, 0.4) is 0 Å². The van der Waals surface area contributed by atoms with E-state index >= 15 is 0 Å². The lowest BCUT2D eigenvalue weighted by molar-refractivity contribution is 0.226. The third-order valence-electron chi connectivity index (χ3n) is 2.59. The minimum absolute atomic E-state index is 0.131. The van der Waals surface area contributed by atoms with Crippen LogP contribution in [-0.4, -0.2) is 43.0 Å². The number of nitrogens with one attached hydrogen (secondary N) is 1. The number of hydrogen-bond donors (Lipinski definition) is 2. The standard InChI is InChI=1S/C9H14N6O/c1-6(5-16)7(2)10-8-3-4-9-11-13-14-15(9)12-8/h3-4,6-7,16H,5H2,1-2H3,(H,10,12). The molecule has 0 saturated heterocycles. The SMILES string of the molecule is CC(CO)C(C)Nc1ccc2nnnn2n1. The van der Waals surface area contributed by atoms with Crippen LogP contribution < -0.4 is 5.32 Å². The fourth-order valence-electron chi connectivity index (χ4n) is 1.26. The van der Waals surface area contributed by atoms with E-state index in [1.54, 1.807) is 6.07 Å². The molecule has 2 aromatic heterocycles. The first-order chi connectivity index (χ1) is 7.70. The Hall–Kier alpha value is -1.76. The second kappa shape index (κ2) is 4.40. The highest BCUT2D eigenvalue weighted by molar-refractivity contribution is 5.42. The second-order valence-electron chi connectivity index (χ2n) is 3.84. The third kappa shape index (κ3) is 2.08. The molecule has 0 fully saturated rings. The number of aliphatic hydroxyl groups is 1. The minimum atomic E-state index is 0.131. The number of anilines is 1. The lowest BCUT2D eigenvalue weighted by Gasteiger charge is -2.19. The molecule has 2 rings (SSSR count). The topological polar surface area (TPSA) is 88.2 Å². The molecular weight excluding hydrogens is 208 g/mol. The van der Waals surface area contributed by atoms with Crippen LogP contribution in [0.4, 0.5) is 5.82 Å². The van der Waals surface area contributed by atoms with Crippen LogP contribution in [0.1, 0.15) is 13.8 Å². The molecule has 0 radical (unpaired) electrons. The summed E-state index contributed by atoms with van der Waals surface area (Å²) in [5, 5.41) is 27.4. The van der Waals surface area contributed by atoms with Crippen LogP contribution in [0.15, 0.2) is 12.1 Å². The zero-order valence-electron chi connectivity index (χ0n) is 9.20. The lowest BCUT2D eigenvalue weighted by Crippen LogP contribution is -2.27. The maximum Gasteiger partial charge on any atom is 0.200 e. The van der Waals surface area contributed by atoms with E-state index in [0.717, 1.165) is 0 Å². The average Bonchev–Trinajstić information content (AvgIpc) is 2.75. The predicted molar refractivity (Wildman–Crippen MR) is 57.9 cm³/mol. The van der Waals surface area contributed by atoms with Crippen LogP contribution in [0.5, 0.6) is 0 Å². The molecule has 0 aliphatic heterocycles. The van der Waals surface area contributed by atoms with Gasteiger partial charge in [-0.2, -0.15) is 0 Å². The van der Waals surface area contributed by atoms with Gasteiger partial charge in [0.1, 0.15) is 5.82 Å². The Balaban J connectivity index is 2.14. The van der Waals surface area contributed by atoms with Gasteiger partial charge in [-0.1, -0.05) is 6.92 Å². The van der Waals surface area contributed by atoms with Gasteiger partial charge in [0.05, 0.1) is 0 Å². The summed E-state index contributed by atoms with van der Waals surface area (Å²) in [4.78, 5) is 0. The van der Waals surface area contributed by atoms with E-state index in [1.165, 1.54) is 4.63 Å². The van der Waals surface area contributed by atoms with E-state index in [1.807, 2.05) is 19.9 Å². The Morgan fingerprint density at radius 3 is 3.00 bits per heavy atom. The molecule has 0 spiro atoms. The predicted octanol–water partition coefficient (Wildman–Crippen LogP) is -0.0519. The molecule has 2 heterocycles. The molecule has 2 unspecified atom stereocenters. The summed E-state index contributed by atoms with van der Waals surface area (Å²) in [5.41, 5.74) is 0.605. The zero-order valence-corrected chi connectivity index (χ0v) is 9.20. The average molecular weight is 222 g/mol. The molecule has 0 saturated carbocycles. The van der Waals surface area contributed by atoms with Crippen molar-refractivity contribution in [3.8, 4) is 0 Å². The number of aliphatic hydroxyl groups excluding tert-OH is 1. The van der Waals surface area contributed by atoms with Crippen LogP contribution in [-0.2, 0) is 0 Å². The monoisotopic (exact) mass is 222 g/mol. The van der Waals surface area contributed by atoms with E-state index in [9.17, 15) is 0 Å². The van der Waals surface area contributed by atoms with Crippen molar-refractivity contribution >= 4 is 11.5 Å². The highest BCUT2D eigenvalue weighted by Gasteiger charge is 2.11. The Morgan fingerprint density at radius 2 is 2.25 bits per heavy atom. The number of aromatic nitrogens is 5. The Labute approximate surface area is 92.5 Å². The van der Waals surface area contributed by atoms with Crippen molar-refractivity contribution in [2.45, 2.75) is 19.9 Å². The molecular formula is C9H14N6O. The van der Waals surface area contributed by atoms with Crippen LogP contribution in [0, 0.1) is 5.92 Å². The summed E-state index contributed by atoms with van der Waals surface area (Å²) in [6.07, 6.45) is 0. The van der Waals surface area contributed by atoms with E-state index in [0.29, 0.717) is 11.5 Å². The van der Waals surface area contributed by atoms with Gasteiger partial charge in [-0.3, -0.25) is 0 Å². The van der Waals surface area contributed by atoms with Gasteiger partial charge in [-0.25, -0.2) is 0 Å². The summed E-state index contributed by atoms with van der Waals surface area (Å²) in [7, 11) is 0. The van der Waals surface area contributed by atoms with Crippen molar-refractivity contribution < 1.29 is 5.11 Å². The number of tetrazole rings is 1. The smallest absolute Gasteiger partial charge is 0.200 e. The fourth-order valence-corrected chi connectivity index (χ4v) is 1.26. The molecule has 2 N–H and O–H groups in total. The van der Waals surface area contributed by atoms with Crippen LogP contribution in [0.25, 0.3) is 5.65 Å². The van der Waals surface area contributed by atoms with Gasteiger partial charge in [0.25, 0.3) is 0 Å². The normalized spacial score (nSPS) is 14.9. The van der Waals surface area contributed by atoms with Gasteiger partial charge in [0.2, 0.25) is 0 Å². The van der Waals surface area contributed by atoms with E-state index in [2.05, 4.69) is 25.9 Å². The molecule has 0 aliphatic carbocycles. The van der Waals surface area contributed by atoms with Gasteiger partial charge < -0.3 is 10.4 Å². The number of rotatable bonds is 4. The molecule has 7 heteroatoms. The molecule has 0 aliphatic rings. The Morgan fingerprint density at radius 1 is 1.44 bits per heavy atom. The van der Waals surface area contributed by atoms with Crippen molar-refractivity contribution in [1.82, 2.24) is 25.3 Å². The molecule has 7 nitrogen and oxygen atoms in total. The minimum Gasteiger partial charge on any atom is -0.396 e. The molecule has 0 aromatic carbocycles. The summed E-state index contributed by atoms with van der Waals surface area (Å²) < 4.78 is 1.36. The highest BCUT2D eigenvalue weighted by Crippen LogP contribution is 2.09. The van der Waals surface area contributed by atoms with Gasteiger partial charge >= 0.3 is 0 Å². The maximum atomic E-state index is 9.02. The van der Waals surface area contributed by atoms with Crippen LogP contribution >= 0.6 is 0 Å². The van der Waals surface area contributed by atoms with E-state index in [4.69, 9.17) is 5.11 Å². The highest BCUT2D eigenvalue weighted by atomic mass is 16.3. The molecule has 86 valence electrons. The van der Waals surface area contributed by atoms with Gasteiger partial charge in [-0.15, -0.1) is 14.8 Å². The van der Waals surface area contributed by atoms with Crippen molar-refractivity contribution in [1.29, 1.82) is 0 Å². The summed E-state index contributed by atoms with van der Waals surface area (Å²) in [6.45, 7) is 4.10. The third-order valence-corrected chi connectivity index (χ3v) is 2.59. The first-order valence-corrected chi connectivity index (χ1v) is 5.13. The number of fused-ring (bicyclic) bond motifs is 1. The van der Waals surface area contributed by atoms with Crippen molar-refractivity contribution in [3.05, 3.63) is 12.1 Å². The first kappa shape index (κ1) is 10.7. The number of nitrogens with zero attached hydrogens (tertiary/aromatic N) is 5. The molecule has 2 aromatic rings. The van der Waals surface area contributed by atoms with Crippen molar-refractivity contribution in [2.75, 3.05) is 11.9 Å². The lowest BCUT2D eigenvalue weighted by atomic mass is 10.1. The first-order valence-electron chi connectivity index (χ1n) is 5.13.